The zero-order chi connectivity index (χ0) is 20.9. The van der Waals surface area contributed by atoms with Gasteiger partial charge in [0.05, 0.1) is 24.1 Å². The number of ether oxygens (including phenoxy) is 2. The topological polar surface area (TPSA) is 67.8 Å². The van der Waals surface area contributed by atoms with E-state index in [2.05, 4.69) is 34.1 Å². The summed E-state index contributed by atoms with van der Waals surface area (Å²) in [6, 6.07) is 15.9. The number of amides is 1. The maximum atomic E-state index is 11.6. The predicted octanol–water partition coefficient (Wildman–Crippen LogP) is 3.70. The lowest BCUT2D eigenvalue weighted by Gasteiger charge is -2.14. The van der Waals surface area contributed by atoms with E-state index in [1.54, 1.807) is 4.90 Å². The number of hydrogen-bond donors (Lipinski definition) is 0. The van der Waals surface area contributed by atoms with Gasteiger partial charge in [-0.25, -0.2) is 14.8 Å². The van der Waals surface area contributed by atoms with Gasteiger partial charge < -0.3 is 19.3 Å². The fraction of sp³-hybridized carbons (Fsp3) is 0.261. The Hall–Kier alpha value is -3.61. The van der Waals surface area contributed by atoms with Crippen molar-refractivity contribution in [3.05, 3.63) is 59.8 Å². The lowest BCUT2D eigenvalue weighted by Crippen LogP contribution is -2.29. The van der Waals surface area contributed by atoms with Gasteiger partial charge in [-0.2, -0.15) is 0 Å². The second-order valence-corrected chi connectivity index (χ2v) is 7.17. The Morgan fingerprint density at radius 1 is 1.07 bits per heavy atom. The fourth-order valence-electron chi connectivity index (χ4n) is 3.15. The lowest BCUT2D eigenvalue weighted by molar-refractivity contribution is 0.152. The van der Waals surface area contributed by atoms with Crippen LogP contribution in [0.4, 0.5) is 10.5 Å². The average Bonchev–Trinajstić information content (AvgIpc) is 3.17. The highest BCUT2D eigenvalue weighted by molar-refractivity contribution is 5.79. The van der Waals surface area contributed by atoms with Crippen LogP contribution in [0.1, 0.15) is 11.3 Å². The molecule has 2 aromatic carbocycles. The number of hydrogen-bond acceptors (Lipinski definition) is 6. The van der Waals surface area contributed by atoms with E-state index >= 15 is 0 Å². The maximum absolute atomic E-state index is 11.6. The van der Waals surface area contributed by atoms with E-state index in [4.69, 9.17) is 14.5 Å². The SMILES string of the molecule is CN(C)c1ccc(/C=C/c2nc3ccccc3nc2OCCN2CCOC2=O)cc1. The smallest absolute Gasteiger partial charge is 0.410 e. The van der Waals surface area contributed by atoms with Crippen molar-refractivity contribution in [3.63, 3.8) is 0 Å². The summed E-state index contributed by atoms with van der Waals surface area (Å²) in [5.74, 6) is 0.447. The second kappa shape index (κ2) is 8.82. The molecule has 1 fully saturated rings. The molecule has 2 heterocycles. The van der Waals surface area contributed by atoms with E-state index in [1.165, 1.54) is 0 Å². The summed E-state index contributed by atoms with van der Waals surface area (Å²) in [6.07, 6.45) is 3.59. The third-order valence-corrected chi connectivity index (χ3v) is 4.85. The van der Waals surface area contributed by atoms with Gasteiger partial charge >= 0.3 is 6.09 Å². The highest BCUT2D eigenvalue weighted by Crippen LogP contribution is 2.22. The zero-order valence-electron chi connectivity index (χ0n) is 17.1. The summed E-state index contributed by atoms with van der Waals surface area (Å²) in [7, 11) is 4.03. The van der Waals surface area contributed by atoms with Gasteiger partial charge in [0.1, 0.15) is 18.9 Å². The number of cyclic esters (lactones) is 1. The van der Waals surface area contributed by atoms with Crippen molar-refractivity contribution in [1.82, 2.24) is 14.9 Å². The van der Waals surface area contributed by atoms with Crippen LogP contribution in [-0.4, -0.2) is 61.4 Å². The number of carbonyl (C=O) groups excluding carboxylic acids is 1. The first-order chi connectivity index (χ1) is 14.6. The van der Waals surface area contributed by atoms with Crippen molar-refractivity contribution in [2.75, 3.05) is 45.3 Å². The predicted molar refractivity (Wildman–Crippen MR) is 118 cm³/mol. The molecule has 7 heteroatoms. The summed E-state index contributed by atoms with van der Waals surface area (Å²) in [5.41, 5.74) is 4.41. The number of aromatic nitrogens is 2. The minimum atomic E-state index is -0.301. The molecule has 3 aromatic rings. The van der Waals surface area contributed by atoms with Crippen molar-refractivity contribution >= 4 is 35.0 Å². The summed E-state index contributed by atoms with van der Waals surface area (Å²) >= 11 is 0. The third kappa shape index (κ3) is 4.51. The quantitative estimate of drug-likeness (QED) is 0.598. The summed E-state index contributed by atoms with van der Waals surface area (Å²) < 4.78 is 10.9. The van der Waals surface area contributed by atoms with Gasteiger partial charge in [0.2, 0.25) is 5.88 Å². The van der Waals surface area contributed by atoms with E-state index < -0.39 is 0 Å². The maximum Gasteiger partial charge on any atom is 0.410 e. The van der Waals surface area contributed by atoms with Crippen LogP contribution in [0.2, 0.25) is 0 Å². The fourth-order valence-corrected chi connectivity index (χ4v) is 3.15. The molecule has 0 radical (unpaired) electrons. The Labute approximate surface area is 175 Å². The molecule has 1 aliphatic heterocycles. The van der Waals surface area contributed by atoms with Crippen LogP contribution in [0.3, 0.4) is 0 Å². The van der Waals surface area contributed by atoms with Crippen molar-refractivity contribution < 1.29 is 14.3 Å². The van der Waals surface area contributed by atoms with Gasteiger partial charge in [0.15, 0.2) is 0 Å². The third-order valence-electron chi connectivity index (χ3n) is 4.85. The van der Waals surface area contributed by atoms with E-state index in [9.17, 15) is 4.79 Å². The molecule has 7 nitrogen and oxygen atoms in total. The molecule has 1 amide bonds. The van der Waals surface area contributed by atoms with Gasteiger partial charge in [0, 0.05) is 19.8 Å². The van der Waals surface area contributed by atoms with E-state index in [-0.39, 0.29) is 6.09 Å². The molecule has 154 valence electrons. The summed E-state index contributed by atoms with van der Waals surface area (Å²) in [4.78, 5) is 24.6. The number of para-hydroxylation sites is 2. The minimum absolute atomic E-state index is 0.301. The van der Waals surface area contributed by atoms with Gasteiger partial charge in [-0.15, -0.1) is 0 Å². The molecular weight excluding hydrogens is 380 g/mol. The Morgan fingerprint density at radius 2 is 1.80 bits per heavy atom. The monoisotopic (exact) mass is 404 g/mol. The number of benzene rings is 2. The molecule has 0 unspecified atom stereocenters. The number of nitrogens with zero attached hydrogens (tertiary/aromatic N) is 4. The Kier molecular flexibility index (Phi) is 5.79. The number of fused-ring (bicyclic) bond motifs is 1. The van der Waals surface area contributed by atoms with Crippen molar-refractivity contribution in [3.8, 4) is 5.88 Å². The number of carbonyl (C=O) groups is 1. The van der Waals surface area contributed by atoms with Crippen LogP contribution in [0, 0.1) is 0 Å². The van der Waals surface area contributed by atoms with E-state index in [0.717, 1.165) is 22.3 Å². The second-order valence-electron chi connectivity index (χ2n) is 7.17. The van der Waals surface area contributed by atoms with Crippen molar-refractivity contribution in [2.24, 2.45) is 0 Å². The van der Waals surface area contributed by atoms with Gasteiger partial charge in [-0.3, -0.25) is 0 Å². The van der Waals surface area contributed by atoms with E-state index in [1.807, 2.05) is 50.5 Å². The molecule has 1 aromatic heterocycles. The van der Waals surface area contributed by atoms with Crippen LogP contribution in [-0.2, 0) is 4.74 Å². The summed E-state index contributed by atoms with van der Waals surface area (Å²) in [6.45, 7) is 1.78. The average molecular weight is 404 g/mol. The molecule has 0 bridgehead atoms. The molecule has 0 aliphatic carbocycles. The molecule has 0 spiro atoms. The first kappa shape index (κ1) is 19.7. The standard InChI is InChI=1S/C23H24N4O3/c1-26(2)18-10-7-17(8-11-18)9-12-21-22(25-20-6-4-3-5-19(20)24-21)29-15-13-27-14-16-30-23(27)28/h3-12H,13-16H2,1-2H3/b12-9+. The first-order valence-corrected chi connectivity index (χ1v) is 9.87. The number of rotatable bonds is 7. The number of anilines is 1. The van der Waals surface area contributed by atoms with Crippen LogP contribution >= 0.6 is 0 Å². The van der Waals surface area contributed by atoms with Crippen LogP contribution < -0.4 is 9.64 Å². The van der Waals surface area contributed by atoms with Crippen molar-refractivity contribution in [1.29, 1.82) is 0 Å². The molecule has 1 aliphatic rings. The molecule has 4 rings (SSSR count). The summed E-state index contributed by atoms with van der Waals surface area (Å²) in [5, 5.41) is 0. The molecule has 0 atom stereocenters. The largest absolute Gasteiger partial charge is 0.474 e. The van der Waals surface area contributed by atoms with Crippen molar-refractivity contribution in [2.45, 2.75) is 0 Å². The molecule has 0 saturated carbocycles. The van der Waals surface area contributed by atoms with Gasteiger partial charge in [-0.1, -0.05) is 30.3 Å². The molecular formula is C23H24N4O3. The minimum Gasteiger partial charge on any atom is -0.474 e. The highest BCUT2D eigenvalue weighted by Gasteiger charge is 2.21. The Bertz CT molecular complexity index is 1060. The molecule has 1 saturated heterocycles. The van der Waals surface area contributed by atoms with Crippen LogP contribution in [0.5, 0.6) is 5.88 Å². The van der Waals surface area contributed by atoms with Gasteiger partial charge in [0.25, 0.3) is 0 Å². The molecule has 0 N–H and O–H groups in total. The highest BCUT2D eigenvalue weighted by atomic mass is 16.6. The zero-order valence-corrected chi connectivity index (χ0v) is 17.1. The normalized spacial score (nSPS) is 13.8. The Morgan fingerprint density at radius 3 is 2.47 bits per heavy atom. The molecule has 30 heavy (non-hydrogen) atoms. The first-order valence-electron chi connectivity index (χ1n) is 9.87. The van der Waals surface area contributed by atoms with Crippen LogP contribution in [0.15, 0.2) is 48.5 Å². The Balaban J connectivity index is 1.55. The lowest BCUT2D eigenvalue weighted by atomic mass is 10.1. The van der Waals surface area contributed by atoms with Gasteiger partial charge in [-0.05, 0) is 35.9 Å². The van der Waals surface area contributed by atoms with E-state index in [0.29, 0.717) is 37.9 Å². The van der Waals surface area contributed by atoms with Crippen LogP contribution in [0.25, 0.3) is 23.2 Å².